The molecule has 0 saturated carbocycles. The second kappa shape index (κ2) is 6.55. The third-order valence-corrected chi connectivity index (χ3v) is 3.74. The monoisotopic (exact) mass is 363 g/mol. The number of halogens is 2. The molecule has 0 aliphatic rings. The van der Waals surface area contributed by atoms with Crippen molar-refractivity contribution in [1.82, 2.24) is 0 Å². The van der Waals surface area contributed by atoms with Crippen LogP contribution >= 0.6 is 23.2 Å². The lowest BCUT2D eigenvalue weighted by molar-refractivity contribution is 0.102. The first-order chi connectivity index (χ1) is 11.5. The molecule has 5 nitrogen and oxygen atoms in total. The molecule has 122 valence electrons. The first-order valence-electron chi connectivity index (χ1n) is 6.85. The summed E-state index contributed by atoms with van der Waals surface area (Å²) in [6, 6.07) is 11.0. The second-order valence-corrected chi connectivity index (χ2v) is 5.84. The minimum atomic E-state index is -0.749. The van der Waals surface area contributed by atoms with E-state index in [1.807, 2.05) is 0 Å². The number of carbonyl (C=O) groups is 1. The van der Waals surface area contributed by atoms with Gasteiger partial charge in [-0.2, -0.15) is 0 Å². The van der Waals surface area contributed by atoms with E-state index in [0.717, 1.165) is 0 Å². The molecule has 0 spiro atoms. The molecule has 3 rings (SSSR count). The molecule has 0 saturated heterocycles. The summed E-state index contributed by atoms with van der Waals surface area (Å²) in [7, 11) is 1.51. The molecular formula is C17H11Cl2NO4. The van der Waals surface area contributed by atoms with Crippen LogP contribution in [-0.4, -0.2) is 13.0 Å². The van der Waals surface area contributed by atoms with Gasteiger partial charge < -0.3 is 14.5 Å². The first-order valence-corrected chi connectivity index (χ1v) is 7.61. The van der Waals surface area contributed by atoms with Crippen molar-refractivity contribution >= 4 is 45.8 Å². The maximum atomic E-state index is 12.3. The van der Waals surface area contributed by atoms with Crippen LogP contribution in [0.2, 0.25) is 10.0 Å². The SMILES string of the molecule is COc1ccc2cc(C(=O)Nc3cc(Cl)cc(Cl)c3)c(=O)oc2c1. The number of carbonyl (C=O) groups excluding carboxylic acids is 1. The summed E-state index contributed by atoms with van der Waals surface area (Å²) >= 11 is 11.8. The maximum absolute atomic E-state index is 12.3. The minimum absolute atomic E-state index is 0.122. The van der Waals surface area contributed by atoms with Crippen LogP contribution in [0.3, 0.4) is 0 Å². The molecule has 0 atom stereocenters. The van der Waals surface area contributed by atoms with Gasteiger partial charge in [-0.25, -0.2) is 4.79 Å². The van der Waals surface area contributed by atoms with Gasteiger partial charge in [0.1, 0.15) is 16.9 Å². The van der Waals surface area contributed by atoms with Crippen LogP contribution in [-0.2, 0) is 0 Å². The van der Waals surface area contributed by atoms with Gasteiger partial charge in [0.15, 0.2) is 0 Å². The molecular weight excluding hydrogens is 353 g/mol. The zero-order chi connectivity index (χ0) is 17.3. The van der Waals surface area contributed by atoms with Crippen LogP contribution in [0.5, 0.6) is 5.75 Å². The van der Waals surface area contributed by atoms with Crippen LogP contribution in [0.4, 0.5) is 5.69 Å². The maximum Gasteiger partial charge on any atom is 0.349 e. The number of hydrogen-bond donors (Lipinski definition) is 1. The lowest BCUT2D eigenvalue weighted by Gasteiger charge is -2.07. The minimum Gasteiger partial charge on any atom is -0.497 e. The third-order valence-electron chi connectivity index (χ3n) is 3.31. The highest BCUT2D eigenvalue weighted by Crippen LogP contribution is 2.23. The fourth-order valence-electron chi connectivity index (χ4n) is 2.20. The van der Waals surface area contributed by atoms with E-state index in [9.17, 15) is 9.59 Å². The van der Waals surface area contributed by atoms with Gasteiger partial charge >= 0.3 is 5.63 Å². The molecule has 0 radical (unpaired) electrons. The number of benzene rings is 2. The Balaban J connectivity index is 1.97. The average Bonchev–Trinajstić information content (AvgIpc) is 2.52. The number of methoxy groups -OCH3 is 1. The predicted octanol–water partition coefficient (Wildman–Crippen LogP) is 4.36. The van der Waals surface area contributed by atoms with Gasteiger partial charge in [-0.1, -0.05) is 23.2 Å². The molecule has 2 aromatic carbocycles. The molecule has 0 unspecified atom stereocenters. The van der Waals surface area contributed by atoms with Crippen molar-refractivity contribution in [3.8, 4) is 5.75 Å². The fourth-order valence-corrected chi connectivity index (χ4v) is 2.73. The Morgan fingerprint density at radius 2 is 1.79 bits per heavy atom. The van der Waals surface area contributed by atoms with Gasteiger partial charge in [0.2, 0.25) is 0 Å². The number of hydrogen-bond acceptors (Lipinski definition) is 4. The molecule has 0 aliphatic heterocycles. The van der Waals surface area contributed by atoms with Crippen molar-refractivity contribution in [2.45, 2.75) is 0 Å². The molecule has 1 aromatic heterocycles. The Hall–Kier alpha value is -2.50. The lowest BCUT2D eigenvalue weighted by Crippen LogP contribution is -2.20. The van der Waals surface area contributed by atoms with Crippen molar-refractivity contribution in [3.63, 3.8) is 0 Å². The summed E-state index contributed by atoms with van der Waals surface area (Å²) < 4.78 is 10.3. The van der Waals surface area contributed by atoms with Gasteiger partial charge in [-0.05, 0) is 36.4 Å². The summed E-state index contributed by atoms with van der Waals surface area (Å²) in [5, 5.41) is 3.92. The molecule has 0 bridgehead atoms. The van der Waals surface area contributed by atoms with Gasteiger partial charge in [-0.15, -0.1) is 0 Å². The molecule has 7 heteroatoms. The summed E-state index contributed by atoms with van der Waals surface area (Å²) in [5.74, 6) is -0.0591. The van der Waals surface area contributed by atoms with E-state index in [1.165, 1.54) is 31.4 Å². The topological polar surface area (TPSA) is 68.5 Å². The lowest BCUT2D eigenvalue weighted by atomic mass is 10.1. The molecule has 1 N–H and O–H groups in total. The van der Waals surface area contributed by atoms with E-state index in [1.54, 1.807) is 18.2 Å². The smallest absolute Gasteiger partial charge is 0.349 e. The highest BCUT2D eigenvalue weighted by molar-refractivity contribution is 6.35. The quantitative estimate of drug-likeness (QED) is 0.701. The van der Waals surface area contributed by atoms with Crippen LogP contribution in [0.1, 0.15) is 10.4 Å². The summed E-state index contributed by atoms with van der Waals surface area (Å²) in [5.41, 5.74) is -0.154. The molecule has 0 aliphatic carbocycles. The van der Waals surface area contributed by atoms with Gasteiger partial charge in [0.05, 0.1) is 7.11 Å². The number of anilines is 1. The van der Waals surface area contributed by atoms with E-state index >= 15 is 0 Å². The number of nitrogens with one attached hydrogen (secondary N) is 1. The van der Waals surface area contributed by atoms with E-state index in [2.05, 4.69) is 5.32 Å². The van der Waals surface area contributed by atoms with E-state index in [-0.39, 0.29) is 5.56 Å². The number of fused-ring (bicyclic) bond motifs is 1. The summed E-state index contributed by atoms with van der Waals surface area (Å²) in [6.07, 6.45) is 0. The van der Waals surface area contributed by atoms with E-state index in [4.69, 9.17) is 32.4 Å². The second-order valence-electron chi connectivity index (χ2n) is 4.96. The molecule has 0 fully saturated rings. The Labute approximate surface area is 146 Å². The van der Waals surface area contributed by atoms with Gasteiger partial charge in [-0.3, -0.25) is 4.79 Å². The standard InChI is InChI=1S/C17H11Cl2NO4/c1-23-13-3-2-9-4-14(17(22)24-15(9)8-13)16(21)20-12-6-10(18)5-11(19)7-12/h2-8H,1H3,(H,20,21). The van der Waals surface area contributed by atoms with E-state index < -0.39 is 11.5 Å². The zero-order valence-electron chi connectivity index (χ0n) is 12.4. The van der Waals surface area contributed by atoms with Gasteiger partial charge in [0.25, 0.3) is 5.91 Å². The first kappa shape index (κ1) is 16.4. The molecule has 1 heterocycles. The van der Waals surface area contributed by atoms with Crippen LogP contribution in [0, 0.1) is 0 Å². The van der Waals surface area contributed by atoms with Crippen molar-refractivity contribution in [1.29, 1.82) is 0 Å². The van der Waals surface area contributed by atoms with E-state index in [0.29, 0.717) is 32.5 Å². The number of rotatable bonds is 3. The normalized spacial score (nSPS) is 10.6. The zero-order valence-corrected chi connectivity index (χ0v) is 13.9. The van der Waals surface area contributed by atoms with Gasteiger partial charge in [0, 0.05) is 27.2 Å². The highest BCUT2D eigenvalue weighted by Gasteiger charge is 2.15. The Kier molecular flexibility index (Phi) is 4.46. The third kappa shape index (κ3) is 3.37. The summed E-state index contributed by atoms with van der Waals surface area (Å²) in [4.78, 5) is 24.4. The average molecular weight is 364 g/mol. The molecule has 3 aromatic rings. The Morgan fingerprint density at radius 3 is 2.46 bits per heavy atom. The number of amides is 1. The fraction of sp³-hybridized carbons (Fsp3) is 0.0588. The van der Waals surface area contributed by atoms with Crippen molar-refractivity contribution < 1.29 is 13.9 Å². The van der Waals surface area contributed by atoms with Crippen molar-refractivity contribution in [2.75, 3.05) is 12.4 Å². The highest BCUT2D eigenvalue weighted by atomic mass is 35.5. The van der Waals surface area contributed by atoms with Crippen LogP contribution in [0.15, 0.2) is 51.7 Å². The summed E-state index contributed by atoms with van der Waals surface area (Å²) in [6.45, 7) is 0. The Morgan fingerprint density at radius 1 is 1.08 bits per heavy atom. The van der Waals surface area contributed by atoms with Crippen LogP contribution < -0.4 is 15.7 Å². The van der Waals surface area contributed by atoms with Crippen LogP contribution in [0.25, 0.3) is 11.0 Å². The molecule has 24 heavy (non-hydrogen) atoms. The predicted molar refractivity (Wildman–Crippen MR) is 93.5 cm³/mol. The molecule has 1 amide bonds. The number of ether oxygens (including phenoxy) is 1. The largest absolute Gasteiger partial charge is 0.497 e. The van der Waals surface area contributed by atoms with Crippen molar-refractivity contribution in [3.05, 3.63) is 68.5 Å². The Bertz CT molecular complexity index is 977. The van der Waals surface area contributed by atoms with Crippen molar-refractivity contribution in [2.24, 2.45) is 0 Å².